The second-order valence-electron chi connectivity index (χ2n) is 4.26. The molecule has 2 rings (SSSR count). The zero-order valence-corrected chi connectivity index (χ0v) is 8.80. The minimum absolute atomic E-state index is 0.0472. The maximum Gasteiger partial charge on any atom is 0.391 e. The molecule has 1 aliphatic rings. The lowest BCUT2D eigenvalue weighted by molar-refractivity contribution is -0.172. The Balaban J connectivity index is 1.91. The van der Waals surface area contributed by atoms with Crippen LogP contribution in [0.4, 0.5) is 18.9 Å². The van der Waals surface area contributed by atoms with Crippen molar-refractivity contribution in [1.29, 1.82) is 0 Å². The smallest absolute Gasteiger partial charge is 0.382 e. The number of hydrogen-bond acceptors (Lipinski definition) is 1. The second kappa shape index (κ2) is 4.36. The van der Waals surface area contributed by atoms with Crippen molar-refractivity contribution in [3.05, 3.63) is 30.3 Å². The van der Waals surface area contributed by atoms with Gasteiger partial charge in [-0.1, -0.05) is 18.2 Å². The first-order valence-electron chi connectivity index (χ1n) is 5.44. The normalized spacial score (nSPS) is 25.7. The molecule has 1 N–H and O–H groups in total. The van der Waals surface area contributed by atoms with Crippen LogP contribution >= 0.6 is 0 Å². The Morgan fingerprint density at radius 3 is 2.31 bits per heavy atom. The van der Waals surface area contributed by atoms with Gasteiger partial charge >= 0.3 is 6.18 Å². The Hall–Kier alpha value is -1.19. The summed E-state index contributed by atoms with van der Waals surface area (Å²) in [5.74, 6) is -1.13. The SMILES string of the molecule is FC(F)(F)C1CCC(Nc2ccccc2)C1. The van der Waals surface area contributed by atoms with Gasteiger partial charge in [-0.15, -0.1) is 0 Å². The highest BCUT2D eigenvalue weighted by atomic mass is 19.4. The van der Waals surface area contributed by atoms with Gasteiger partial charge in [0.25, 0.3) is 0 Å². The maximum atomic E-state index is 12.4. The molecule has 1 fully saturated rings. The molecule has 0 radical (unpaired) electrons. The van der Waals surface area contributed by atoms with Gasteiger partial charge in [-0.05, 0) is 31.4 Å². The topological polar surface area (TPSA) is 12.0 Å². The van der Waals surface area contributed by atoms with Gasteiger partial charge in [0, 0.05) is 11.7 Å². The average Bonchev–Trinajstić information content (AvgIpc) is 2.67. The van der Waals surface area contributed by atoms with Crippen LogP contribution in [-0.4, -0.2) is 12.2 Å². The van der Waals surface area contributed by atoms with Crippen LogP contribution < -0.4 is 5.32 Å². The number of benzene rings is 1. The number of para-hydroxylation sites is 1. The van der Waals surface area contributed by atoms with Gasteiger partial charge in [0.05, 0.1) is 5.92 Å². The largest absolute Gasteiger partial charge is 0.391 e. The fourth-order valence-corrected chi connectivity index (χ4v) is 2.18. The molecular formula is C12H14F3N. The fourth-order valence-electron chi connectivity index (χ4n) is 2.18. The summed E-state index contributed by atoms with van der Waals surface area (Å²) in [6.07, 6.45) is -3.00. The Morgan fingerprint density at radius 1 is 1.06 bits per heavy atom. The van der Waals surface area contributed by atoms with Crippen LogP contribution in [0, 0.1) is 5.92 Å². The summed E-state index contributed by atoms with van der Waals surface area (Å²) in [4.78, 5) is 0. The summed E-state index contributed by atoms with van der Waals surface area (Å²) in [7, 11) is 0. The Labute approximate surface area is 92.7 Å². The van der Waals surface area contributed by atoms with Crippen LogP contribution in [0.3, 0.4) is 0 Å². The van der Waals surface area contributed by atoms with Crippen molar-refractivity contribution in [2.45, 2.75) is 31.5 Å². The van der Waals surface area contributed by atoms with Gasteiger partial charge < -0.3 is 5.32 Å². The van der Waals surface area contributed by atoms with Crippen molar-refractivity contribution in [3.63, 3.8) is 0 Å². The monoisotopic (exact) mass is 229 g/mol. The lowest BCUT2D eigenvalue weighted by Crippen LogP contribution is -2.22. The number of alkyl halides is 3. The minimum atomic E-state index is -4.03. The summed E-state index contributed by atoms with van der Waals surface area (Å²) in [5, 5.41) is 3.14. The van der Waals surface area contributed by atoms with Crippen LogP contribution in [0.2, 0.25) is 0 Å². The highest BCUT2D eigenvalue weighted by molar-refractivity contribution is 5.43. The Kier molecular flexibility index (Phi) is 3.08. The number of halogens is 3. The Morgan fingerprint density at radius 2 is 1.75 bits per heavy atom. The summed E-state index contributed by atoms with van der Waals surface area (Å²) in [6.45, 7) is 0. The average molecular weight is 229 g/mol. The van der Waals surface area contributed by atoms with Crippen molar-refractivity contribution in [3.8, 4) is 0 Å². The summed E-state index contributed by atoms with van der Waals surface area (Å²) in [5.41, 5.74) is 0.898. The predicted molar refractivity (Wildman–Crippen MR) is 57.2 cm³/mol. The van der Waals surface area contributed by atoms with Crippen molar-refractivity contribution in [2.24, 2.45) is 5.92 Å². The standard InChI is InChI=1S/C12H14F3N/c13-12(14,15)9-6-7-11(8-9)16-10-4-2-1-3-5-10/h1-5,9,11,16H,6-8H2. The molecule has 4 heteroatoms. The number of hydrogen-bond donors (Lipinski definition) is 1. The molecule has 1 nitrogen and oxygen atoms in total. The third-order valence-electron chi connectivity index (χ3n) is 3.04. The van der Waals surface area contributed by atoms with E-state index in [1.165, 1.54) is 0 Å². The molecular weight excluding hydrogens is 215 g/mol. The molecule has 0 aromatic heterocycles. The maximum absolute atomic E-state index is 12.4. The van der Waals surface area contributed by atoms with Gasteiger partial charge in [-0.25, -0.2) is 0 Å². The first kappa shape index (κ1) is 11.3. The van der Waals surface area contributed by atoms with Crippen molar-refractivity contribution < 1.29 is 13.2 Å². The van der Waals surface area contributed by atoms with E-state index in [0.29, 0.717) is 6.42 Å². The van der Waals surface area contributed by atoms with Crippen LogP contribution in [0.1, 0.15) is 19.3 Å². The van der Waals surface area contributed by atoms with E-state index in [9.17, 15) is 13.2 Å². The molecule has 0 bridgehead atoms. The van der Waals surface area contributed by atoms with Crippen LogP contribution in [-0.2, 0) is 0 Å². The van der Waals surface area contributed by atoms with Gasteiger partial charge in [-0.3, -0.25) is 0 Å². The van der Waals surface area contributed by atoms with Crippen LogP contribution in [0.5, 0.6) is 0 Å². The predicted octanol–water partition coefficient (Wildman–Crippen LogP) is 3.83. The number of rotatable bonds is 2. The van der Waals surface area contributed by atoms with Crippen LogP contribution in [0.25, 0.3) is 0 Å². The Bertz CT molecular complexity index is 334. The van der Waals surface area contributed by atoms with Crippen molar-refractivity contribution >= 4 is 5.69 Å². The summed E-state index contributed by atoms with van der Waals surface area (Å²) in [6, 6.07) is 9.34. The highest BCUT2D eigenvalue weighted by Gasteiger charge is 2.43. The summed E-state index contributed by atoms with van der Waals surface area (Å²) >= 11 is 0. The van der Waals surface area contributed by atoms with Gasteiger partial charge in [-0.2, -0.15) is 13.2 Å². The molecule has 1 aliphatic carbocycles. The van der Waals surface area contributed by atoms with Gasteiger partial charge in [0.1, 0.15) is 0 Å². The lowest BCUT2D eigenvalue weighted by Gasteiger charge is -2.16. The molecule has 2 unspecified atom stereocenters. The zero-order chi connectivity index (χ0) is 11.6. The van der Waals surface area contributed by atoms with E-state index in [2.05, 4.69) is 5.32 Å². The van der Waals surface area contributed by atoms with E-state index in [1.807, 2.05) is 30.3 Å². The van der Waals surface area contributed by atoms with Gasteiger partial charge in [0.15, 0.2) is 0 Å². The quantitative estimate of drug-likeness (QED) is 0.812. The molecule has 0 spiro atoms. The third kappa shape index (κ3) is 2.68. The van der Waals surface area contributed by atoms with Crippen LogP contribution in [0.15, 0.2) is 30.3 Å². The number of nitrogens with one attached hydrogen (secondary N) is 1. The van der Waals surface area contributed by atoms with E-state index in [1.54, 1.807) is 0 Å². The first-order valence-corrected chi connectivity index (χ1v) is 5.44. The molecule has 0 saturated heterocycles. The molecule has 0 amide bonds. The molecule has 88 valence electrons. The molecule has 1 aromatic carbocycles. The first-order chi connectivity index (χ1) is 7.55. The molecule has 1 saturated carbocycles. The fraction of sp³-hybridized carbons (Fsp3) is 0.500. The van der Waals surface area contributed by atoms with E-state index in [4.69, 9.17) is 0 Å². The number of anilines is 1. The highest BCUT2D eigenvalue weighted by Crippen LogP contribution is 2.39. The van der Waals surface area contributed by atoms with E-state index in [0.717, 1.165) is 5.69 Å². The summed E-state index contributed by atoms with van der Waals surface area (Å²) < 4.78 is 37.3. The zero-order valence-electron chi connectivity index (χ0n) is 8.80. The third-order valence-corrected chi connectivity index (χ3v) is 3.04. The minimum Gasteiger partial charge on any atom is -0.382 e. The van der Waals surface area contributed by atoms with Crippen molar-refractivity contribution in [2.75, 3.05) is 5.32 Å². The molecule has 0 heterocycles. The van der Waals surface area contributed by atoms with Crippen molar-refractivity contribution in [1.82, 2.24) is 0 Å². The van der Waals surface area contributed by atoms with E-state index in [-0.39, 0.29) is 18.9 Å². The van der Waals surface area contributed by atoms with E-state index >= 15 is 0 Å². The molecule has 1 aromatic rings. The second-order valence-corrected chi connectivity index (χ2v) is 4.26. The molecule has 0 aliphatic heterocycles. The van der Waals surface area contributed by atoms with Gasteiger partial charge in [0.2, 0.25) is 0 Å². The van der Waals surface area contributed by atoms with E-state index < -0.39 is 12.1 Å². The lowest BCUT2D eigenvalue weighted by atomic mass is 10.1. The molecule has 2 atom stereocenters. The molecule has 16 heavy (non-hydrogen) atoms.